The van der Waals surface area contributed by atoms with Crippen LogP contribution in [0.1, 0.15) is 33.3 Å². The summed E-state index contributed by atoms with van der Waals surface area (Å²) in [4.78, 5) is 16.9. The number of amides is 1. The first-order valence-corrected chi connectivity index (χ1v) is 8.27. The molecular weight excluding hydrogens is 329 g/mol. The highest BCUT2D eigenvalue weighted by atomic mass is 35.5. The van der Waals surface area contributed by atoms with Crippen LogP contribution < -0.4 is 5.32 Å². The first kappa shape index (κ1) is 20.9. The fraction of sp³-hybridized carbons (Fsp3) is 0.611. The average Bonchev–Trinajstić information content (AvgIpc) is 2.46. The van der Waals surface area contributed by atoms with Gasteiger partial charge in [0.25, 0.3) is 0 Å². The maximum Gasteiger partial charge on any atom is 0.237 e. The summed E-state index contributed by atoms with van der Waals surface area (Å²) in [6.45, 7) is 11.7. The third kappa shape index (κ3) is 5.72. The Morgan fingerprint density at radius 1 is 1.42 bits per heavy atom. The molecule has 0 saturated carbocycles. The molecule has 6 heteroatoms. The van der Waals surface area contributed by atoms with Gasteiger partial charge in [-0.25, -0.2) is 4.39 Å². The number of hydrogen-bond acceptors (Lipinski definition) is 3. The van der Waals surface area contributed by atoms with E-state index in [4.69, 9.17) is 0 Å². The Morgan fingerprint density at radius 3 is 2.71 bits per heavy atom. The first-order chi connectivity index (χ1) is 10.8. The van der Waals surface area contributed by atoms with Gasteiger partial charge in [0, 0.05) is 37.8 Å². The fourth-order valence-corrected chi connectivity index (χ4v) is 2.89. The second-order valence-electron chi connectivity index (χ2n) is 7.30. The molecule has 1 heterocycles. The molecule has 1 aliphatic heterocycles. The lowest BCUT2D eigenvalue weighted by Gasteiger charge is -2.39. The van der Waals surface area contributed by atoms with Crippen LogP contribution in [0.3, 0.4) is 0 Å². The van der Waals surface area contributed by atoms with E-state index in [2.05, 4.69) is 17.1 Å². The van der Waals surface area contributed by atoms with Crippen LogP contribution in [-0.2, 0) is 11.3 Å². The number of rotatable bonds is 4. The number of hydrogen-bond donors (Lipinski definition) is 1. The van der Waals surface area contributed by atoms with Crippen LogP contribution in [0.4, 0.5) is 4.39 Å². The molecule has 1 saturated heterocycles. The molecule has 0 unspecified atom stereocenters. The van der Waals surface area contributed by atoms with E-state index in [-0.39, 0.29) is 29.7 Å². The summed E-state index contributed by atoms with van der Waals surface area (Å²) >= 11 is 0. The molecule has 1 fully saturated rings. The van der Waals surface area contributed by atoms with Crippen LogP contribution in [0.15, 0.2) is 24.3 Å². The molecule has 1 amide bonds. The molecule has 0 aliphatic carbocycles. The van der Waals surface area contributed by atoms with Gasteiger partial charge >= 0.3 is 0 Å². The number of benzene rings is 1. The molecule has 24 heavy (non-hydrogen) atoms. The van der Waals surface area contributed by atoms with Crippen LogP contribution in [0.5, 0.6) is 0 Å². The molecule has 1 aromatic rings. The van der Waals surface area contributed by atoms with Crippen LogP contribution in [0.2, 0.25) is 0 Å². The number of nitrogens with one attached hydrogen (secondary N) is 1. The van der Waals surface area contributed by atoms with E-state index in [1.165, 1.54) is 12.1 Å². The zero-order chi connectivity index (χ0) is 17.0. The van der Waals surface area contributed by atoms with Crippen molar-refractivity contribution in [3.05, 3.63) is 35.6 Å². The van der Waals surface area contributed by atoms with Crippen molar-refractivity contribution in [1.29, 1.82) is 0 Å². The molecule has 0 bridgehead atoms. The lowest BCUT2D eigenvalue weighted by atomic mass is 10.0. The fourth-order valence-electron chi connectivity index (χ4n) is 2.89. The second kappa shape index (κ2) is 8.79. The lowest BCUT2D eigenvalue weighted by Crippen LogP contribution is -2.55. The van der Waals surface area contributed by atoms with Crippen LogP contribution in [0, 0.1) is 5.82 Å². The summed E-state index contributed by atoms with van der Waals surface area (Å²) in [6.07, 6.45) is 0. The SMILES string of the molecule is C[C@@H]1CNCCN1CC(=O)N(Cc1cccc(F)c1)C(C)(C)C.Cl. The Balaban J connectivity index is 0.00000288. The predicted octanol–water partition coefficient (Wildman–Crippen LogP) is 2.67. The third-order valence-corrected chi connectivity index (χ3v) is 4.32. The van der Waals surface area contributed by atoms with E-state index in [1.54, 1.807) is 6.07 Å². The van der Waals surface area contributed by atoms with Gasteiger partial charge in [0.05, 0.1) is 6.54 Å². The number of carbonyl (C=O) groups excluding carboxylic acids is 1. The summed E-state index contributed by atoms with van der Waals surface area (Å²) in [5.41, 5.74) is 0.516. The number of carbonyl (C=O) groups is 1. The van der Waals surface area contributed by atoms with Gasteiger partial charge < -0.3 is 10.2 Å². The van der Waals surface area contributed by atoms with Gasteiger partial charge in [-0.3, -0.25) is 9.69 Å². The van der Waals surface area contributed by atoms with E-state index in [1.807, 2.05) is 31.7 Å². The van der Waals surface area contributed by atoms with Crippen molar-refractivity contribution in [2.75, 3.05) is 26.2 Å². The van der Waals surface area contributed by atoms with Crippen molar-refractivity contribution >= 4 is 18.3 Å². The van der Waals surface area contributed by atoms with Gasteiger partial charge in [-0.2, -0.15) is 0 Å². The quantitative estimate of drug-likeness (QED) is 0.899. The largest absolute Gasteiger partial charge is 0.332 e. The van der Waals surface area contributed by atoms with E-state index >= 15 is 0 Å². The molecule has 1 aromatic carbocycles. The highest BCUT2D eigenvalue weighted by Crippen LogP contribution is 2.19. The second-order valence-corrected chi connectivity index (χ2v) is 7.30. The van der Waals surface area contributed by atoms with E-state index in [9.17, 15) is 9.18 Å². The van der Waals surface area contributed by atoms with E-state index < -0.39 is 0 Å². The highest BCUT2D eigenvalue weighted by Gasteiger charge is 2.29. The molecule has 1 N–H and O–H groups in total. The number of nitrogens with zero attached hydrogens (tertiary/aromatic N) is 2. The van der Waals surface area contributed by atoms with Crippen molar-refractivity contribution in [3.8, 4) is 0 Å². The molecule has 1 atom stereocenters. The van der Waals surface area contributed by atoms with Crippen LogP contribution in [-0.4, -0.2) is 53.5 Å². The highest BCUT2D eigenvalue weighted by molar-refractivity contribution is 5.85. The zero-order valence-corrected chi connectivity index (χ0v) is 15.8. The maximum atomic E-state index is 13.4. The molecule has 1 aliphatic rings. The summed E-state index contributed by atoms with van der Waals surface area (Å²) in [5, 5.41) is 3.34. The minimum absolute atomic E-state index is 0. The third-order valence-electron chi connectivity index (χ3n) is 4.32. The topological polar surface area (TPSA) is 35.6 Å². The van der Waals surface area contributed by atoms with Crippen LogP contribution >= 0.6 is 12.4 Å². The van der Waals surface area contributed by atoms with Crippen molar-refractivity contribution < 1.29 is 9.18 Å². The average molecular weight is 358 g/mol. The van der Waals surface area contributed by atoms with Gasteiger partial charge in [-0.15, -0.1) is 12.4 Å². The monoisotopic (exact) mass is 357 g/mol. The zero-order valence-electron chi connectivity index (χ0n) is 15.0. The Hall–Kier alpha value is -1.17. The van der Waals surface area contributed by atoms with Gasteiger partial charge in [-0.05, 0) is 45.4 Å². The molecule has 2 rings (SSSR count). The molecular formula is C18H29ClFN3O. The predicted molar refractivity (Wildman–Crippen MR) is 97.9 cm³/mol. The Morgan fingerprint density at radius 2 is 2.12 bits per heavy atom. The summed E-state index contributed by atoms with van der Waals surface area (Å²) in [7, 11) is 0. The standard InChI is InChI=1S/C18H28FN3O.ClH/c1-14-11-20-8-9-21(14)13-17(23)22(18(2,3)4)12-15-6-5-7-16(19)10-15;/h5-7,10,14,20H,8-9,11-13H2,1-4H3;1H/t14-;/m1./s1. The molecule has 0 radical (unpaired) electrons. The number of piperazine rings is 1. The van der Waals surface area contributed by atoms with Gasteiger partial charge in [0.2, 0.25) is 5.91 Å². The van der Waals surface area contributed by atoms with E-state index in [0.29, 0.717) is 19.1 Å². The summed E-state index contributed by atoms with van der Waals surface area (Å²) in [5.74, 6) is -0.171. The lowest BCUT2D eigenvalue weighted by molar-refractivity contribution is -0.138. The van der Waals surface area contributed by atoms with Crippen molar-refractivity contribution in [2.24, 2.45) is 0 Å². The minimum Gasteiger partial charge on any atom is -0.332 e. The van der Waals surface area contributed by atoms with Crippen molar-refractivity contribution in [2.45, 2.75) is 45.8 Å². The molecule has 0 spiro atoms. The molecule has 4 nitrogen and oxygen atoms in total. The molecule has 0 aromatic heterocycles. The van der Waals surface area contributed by atoms with Crippen molar-refractivity contribution in [3.63, 3.8) is 0 Å². The Bertz CT molecular complexity index is 547. The minimum atomic E-state index is -0.305. The van der Waals surface area contributed by atoms with Gasteiger partial charge in [-0.1, -0.05) is 12.1 Å². The summed E-state index contributed by atoms with van der Waals surface area (Å²) in [6, 6.07) is 6.83. The first-order valence-electron chi connectivity index (χ1n) is 8.27. The van der Waals surface area contributed by atoms with Gasteiger partial charge in [0.15, 0.2) is 0 Å². The Labute approximate surface area is 150 Å². The smallest absolute Gasteiger partial charge is 0.237 e. The van der Waals surface area contributed by atoms with Crippen molar-refractivity contribution in [1.82, 2.24) is 15.1 Å². The maximum absolute atomic E-state index is 13.4. The van der Waals surface area contributed by atoms with Gasteiger partial charge in [0.1, 0.15) is 5.82 Å². The van der Waals surface area contributed by atoms with E-state index in [0.717, 1.165) is 25.2 Å². The normalized spacial score (nSPS) is 18.8. The summed E-state index contributed by atoms with van der Waals surface area (Å²) < 4.78 is 13.4. The Kier molecular flexibility index (Phi) is 7.64. The van der Waals surface area contributed by atoms with Crippen LogP contribution in [0.25, 0.3) is 0 Å². The number of halogens is 2. The molecule has 136 valence electrons.